The number of carbonyl (C=O) groups is 2. The summed E-state index contributed by atoms with van der Waals surface area (Å²) in [5.41, 5.74) is 9.07. The lowest BCUT2D eigenvalue weighted by atomic mass is 10.0. The van der Waals surface area contributed by atoms with Crippen LogP contribution in [0, 0.1) is 5.92 Å². The van der Waals surface area contributed by atoms with Gasteiger partial charge in [-0.1, -0.05) is 13.8 Å². The average Bonchev–Trinajstić information content (AvgIpc) is 3.16. The number of halogens is 2. The quantitative estimate of drug-likeness (QED) is 0.240. The van der Waals surface area contributed by atoms with E-state index in [9.17, 15) is 9.59 Å². The Bertz CT molecular complexity index is 1010. The van der Waals surface area contributed by atoms with Crippen LogP contribution in [0.5, 0.6) is 0 Å². The smallest absolute Gasteiger partial charge is 0.328 e. The van der Waals surface area contributed by atoms with Gasteiger partial charge in [-0.25, -0.2) is 9.78 Å². The van der Waals surface area contributed by atoms with E-state index in [4.69, 9.17) is 43.4 Å². The second-order valence-electron chi connectivity index (χ2n) is 9.66. The molecule has 0 aliphatic rings. The van der Waals surface area contributed by atoms with Gasteiger partial charge in [-0.3, -0.25) is 4.79 Å². The first kappa shape index (κ1) is 31.1. The van der Waals surface area contributed by atoms with E-state index < -0.39 is 24.2 Å². The second-order valence-corrected chi connectivity index (χ2v) is 10.4. The number of anilines is 1. The Labute approximate surface area is 229 Å². The molecule has 3 atom stereocenters. The molecule has 0 radical (unpaired) electrons. The number of hydrogen-bond acceptors (Lipinski definition) is 7. The normalized spacial score (nSPS) is 14.0. The van der Waals surface area contributed by atoms with Crippen molar-refractivity contribution in [2.24, 2.45) is 18.7 Å². The molecule has 1 aromatic carbocycles. The number of esters is 1. The van der Waals surface area contributed by atoms with Crippen LogP contribution in [0.1, 0.15) is 39.4 Å². The molecule has 11 heteroatoms. The zero-order chi connectivity index (χ0) is 27.5. The minimum atomic E-state index is -0.794. The van der Waals surface area contributed by atoms with Gasteiger partial charge in [0.1, 0.15) is 18.0 Å². The maximum atomic E-state index is 12.8. The van der Waals surface area contributed by atoms with Gasteiger partial charge in [0.2, 0.25) is 5.91 Å². The van der Waals surface area contributed by atoms with Gasteiger partial charge >= 0.3 is 5.97 Å². The van der Waals surface area contributed by atoms with E-state index in [-0.39, 0.29) is 18.4 Å². The van der Waals surface area contributed by atoms with Crippen LogP contribution >= 0.6 is 23.2 Å². The highest BCUT2D eigenvalue weighted by Crippen LogP contribution is 2.23. The van der Waals surface area contributed by atoms with Crippen LogP contribution in [0.3, 0.4) is 0 Å². The maximum Gasteiger partial charge on any atom is 0.328 e. The van der Waals surface area contributed by atoms with Crippen LogP contribution in [0.2, 0.25) is 0 Å². The molecule has 37 heavy (non-hydrogen) atoms. The van der Waals surface area contributed by atoms with Gasteiger partial charge in [0.05, 0.1) is 23.7 Å². The van der Waals surface area contributed by atoms with Crippen LogP contribution in [0.15, 0.2) is 18.2 Å². The molecule has 0 bridgehead atoms. The number of nitrogens with one attached hydrogen (secondary N) is 1. The van der Waals surface area contributed by atoms with Crippen LogP contribution in [-0.2, 0) is 32.5 Å². The van der Waals surface area contributed by atoms with Gasteiger partial charge in [-0.15, -0.1) is 23.2 Å². The van der Waals surface area contributed by atoms with Crippen molar-refractivity contribution >= 4 is 51.8 Å². The standard InChI is InChI=1S/C26H41Cl2N5O4/c1-17(2)14-22(26(35)37-18(3)16-36-5)31-25(34)20(29)7-9-24-30-21-15-19(6-8-23(21)32(24)4)33(12-10-27)13-11-28/h6,8,15,17-18,20,22H,7,9-14,16,29H2,1-5H3,(H,31,34)/t18?,20-,22-/m0/s1. The minimum absolute atomic E-state index is 0.182. The highest BCUT2D eigenvalue weighted by atomic mass is 35.5. The van der Waals surface area contributed by atoms with E-state index in [1.807, 2.05) is 43.7 Å². The summed E-state index contributed by atoms with van der Waals surface area (Å²) in [6.45, 7) is 7.37. The van der Waals surface area contributed by atoms with Crippen LogP contribution in [-0.4, -0.2) is 78.2 Å². The van der Waals surface area contributed by atoms with E-state index in [0.717, 1.165) is 22.5 Å². The maximum absolute atomic E-state index is 12.8. The number of imidazole rings is 1. The molecule has 0 saturated carbocycles. The molecule has 0 saturated heterocycles. The summed E-state index contributed by atoms with van der Waals surface area (Å²) < 4.78 is 12.5. The molecule has 0 aliphatic carbocycles. The van der Waals surface area contributed by atoms with E-state index in [1.165, 1.54) is 7.11 Å². The van der Waals surface area contributed by atoms with Crippen molar-refractivity contribution < 1.29 is 19.1 Å². The van der Waals surface area contributed by atoms with Gasteiger partial charge in [0, 0.05) is 51.1 Å². The fraction of sp³-hybridized carbons (Fsp3) is 0.654. The highest BCUT2D eigenvalue weighted by Gasteiger charge is 2.27. The first-order valence-electron chi connectivity index (χ1n) is 12.7. The highest BCUT2D eigenvalue weighted by molar-refractivity contribution is 6.18. The van der Waals surface area contributed by atoms with Crippen molar-refractivity contribution in [3.05, 3.63) is 24.0 Å². The molecule has 2 rings (SSSR count). The van der Waals surface area contributed by atoms with E-state index in [1.54, 1.807) is 6.92 Å². The Kier molecular flexibility index (Phi) is 12.9. The number of rotatable bonds is 16. The molecule has 0 spiro atoms. The molecule has 1 heterocycles. The number of benzene rings is 1. The van der Waals surface area contributed by atoms with Gasteiger partial charge in [0.25, 0.3) is 0 Å². The van der Waals surface area contributed by atoms with Gasteiger partial charge < -0.3 is 30.0 Å². The predicted molar refractivity (Wildman–Crippen MR) is 149 cm³/mol. The monoisotopic (exact) mass is 557 g/mol. The number of hydrogen-bond donors (Lipinski definition) is 2. The third-order valence-electron chi connectivity index (χ3n) is 6.07. The Morgan fingerprint density at radius 1 is 1.19 bits per heavy atom. The van der Waals surface area contributed by atoms with Crippen molar-refractivity contribution in [2.75, 3.05) is 43.5 Å². The molecule has 3 N–H and O–H groups in total. The zero-order valence-corrected chi connectivity index (χ0v) is 24.0. The van der Waals surface area contributed by atoms with E-state index >= 15 is 0 Å². The zero-order valence-electron chi connectivity index (χ0n) is 22.5. The number of aryl methyl sites for hydroxylation is 2. The number of carbonyl (C=O) groups excluding carboxylic acids is 2. The van der Waals surface area contributed by atoms with E-state index in [0.29, 0.717) is 44.1 Å². The third kappa shape index (κ3) is 9.32. The van der Waals surface area contributed by atoms with Crippen molar-refractivity contribution in [3.8, 4) is 0 Å². The Balaban J connectivity index is 2.06. The Morgan fingerprint density at radius 3 is 2.46 bits per heavy atom. The fourth-order valence-electron chi connectivity index (χ4n) is 4.16. The van der Waals surface area contributed by atoms with Crippen LogP contribution in [0.25, 0.3) is 11.0 Å². The number of alkyl halides is 2. The summed E-state index contributed by atoms with van der Waals surface area (Å²) in [4.78, 5) is 32.4. The Hall–Kier alpha value is -2.07. The SMILES string of the molecule is COCC(C)OC(=O)[C@H](CC(C)C)NC(=O)[C@@H](N)CCc1nc2cc(N(CCCl)CCCl)ccc2n1C. The lowest BCUT2D eigenvalue weighted by molar-refractivity contribution is -0.155. The van der Waals surface area contributed by atoms with Crippen LogP contribution in [0.4, 0.5) is 5.69 Å². The summed E-state index contributed by atoms with van der Waals surface area (Å²) in [6, 6.07) is 4.52. The molecule has 1 unspecified atom stereocenters. The largest absolute Gasteiger partial charge is 0.459 e. The van der Waals surface area contributed by atoms with Gasteiger partial charge in [-0.05, 0) is 43.9 Å². The Morgan fingerprint density at radius 2 is 1.86 bits per heavy atom. The molecule has 1 aromatic heterocycles. The summed E-state index contributed by atoms with van der Waals surface area (Å²) >= 11 is 11.9. The summed E-state index contributed by atoms with van der Waals surface area (Å²) in [7, 11) is 3.49. The lowest BCUT2D eigenvalue weighted by Gasteiger charge is -2.23. The third-order valence-corrected chi connectivity index (χ3v) is 6.41. The van der Waals surface area contributed by atoms with Gasteiger partial charge in [-0.2, -0.15) is 0 Å². The van der Waals surface area contributed by atoms with Crippen LogP contribution < -0.4 is 16.0 Å². The summed E-state index contributed by atoms with van der Waals surface area (Å²) in [5.74, 6) is 1.14. The number of fused-ring (bicyclic) bond motifs is 1. The molecule has 208 valence electrons. The van der Waals surface area contributed by atoms with Crippen molar-refractivity contribution in [2.45, 2.75) is 58.2 Å². The number of nitrogens with zero attached hydrogens (tertiary/aromatic N) is 3. The second kappa shape index (κ2) is 15.4. The molecule has 2 aromatic rings. The number of nitrogens with two attached hydrogens (primary N) is 1. The topological polar surface area (TPSA) is 112 Å². The molecule has 0 aliphatic heterocycles. The molecular weight excluding hydrogens is 517 g/mol. The number of aromatic nitrogens is 2. The number of ether oxygens (including phenoxy) is 2. The summed E-state index contributed by atoms with van der Waals surface area (Å²) in [5, 5.41) is 2.78. The van der Waals surface area contributed by atoms with E-state index in [2.05, 4.69) is 10.2 Å². The molecule has 0 fully saturated rings. The first-order chi connectivity index (χ1) is 17.6. The summed E-state index contributed by atoms with van der Waals surface area (Å²) in [6.07, 6.45) is 0.929. The van der Waals surface area contributed by atoms with Crippen molar-refractivity contribution in [1.82, 2.24) is 14.9 Å². The molecular formula is C26H41Cl2N5O4. The lowest BCUT2D eigenvalue weighted by Crippen LogP contribution is -2.50. The molecule has 9 nitrogen and oxygen atoms in total. The number of methoxy groups -OCH3 is 1. The predicted octanol–water partition coefficient (Wildman–Crippen LogP) is 3.23. The minimum Gasteiger partial charge on any atom is -0.459 e. The molecule has 1 amide bonds. The fourth-order valence-corrected chi connectivity index (χ4v) is 4.57. The van der Waals surface area contributed by atoms with Crippen molar-refractivity contribution in [3.63, 3.8) is 0 Å². The van der Waals surface area contributed by atoms with Crippen molar-refractivity contribution in [1.29, 1.82) is 0 Å². The number of amides is 1. The first-order valence-corrected chi connectivity index (χ1v) is 13.8. The average molecular weight is 559 g/mol. The van der Waals surface area contributed by atoms with Gasteiger partial charge in [0.15, 0.2) is 0 Å².